The fourth-order valence-electron chi connectivity index (χ4n) is 0.420. The number of hydrogen-bond acceptors (Lipinski definition) is 1. The molecule has 0 heterocycles. The van der Waals surface area contributed by atoms with E-state index in [9.17, 15) is 9.18 Å². The Bertz CT molecular complexity index is 106. The zero-order chi connectivity index (χ0) is 5.44. The van der Waals surface area contributed by atoms with E-state index in [0.717, 1.165) is 0 Å². The van der Waals surface area contributed by atoms with Crippen LogP contribution in [0.5, 0.6) is 0 Å². The predicted molar refractivity (Wildman–Crippen MR) is 27.9 cm³/mol. The molecule has 0 bridgehead atoms. The standard InChI is InChI=1S/C4H5FO2.ClH/c5-3-1-2(3)4(6)7;/h2-3H,1H2,(H,6,7);1H/t2-,3+;/m1./s1. The lowest BCUT2D eigenvalue weighted by atomic mass is 10.4. The predicted octanol–water partition coefficient (Wildman–Crippen LogP) is 0.851. The van der Waals surface area contributed by atoms with Crippen molar-refractivity contribution < 1.29 is 14.3 Å². The highest BCUT2D eigenvalue weighted by atomic mass is 35.5. The summed E-state index contributed by atoms with van der Waals surface area (Å²) in [6.45, 7) is 0. The molecule has 2 atom stereocenters. The third-order valence-corrected chi connectivity index (χ3v) is 1.03. The van der Waals surface area contributed by atoms with Crippen LogP contribution in [0.25, 0.3) is 0 Å². The van der Waals surface area contributed by atoms with E-state index >= 15 is 0 Å². The number of hydrogen-bond donors (Lipinski definition) is 1. The van der Waals surface area contributed by atoms with Crippen molar-refractivity contribution in [3.63, 3.8) is 0 Å². The van der Waals surface area contributed by atoms with Gasteiger partial charge in [0, 0.05) is 0 Å². The van der Waals surface area contributed by atoms with Gasteiger partial charge in [-0.2, -0.15) is 0 Å². The molecule has 0 amide bonds. The summed E-state index contributed by atoms with van der Waals surface area (Å²) in [6.07, 6.45) is -0.840. The normalized spacial score (nSPS) is 33.1. The summed E-state index contributed by atoms with van der Waals surface area (Å²) < 4.78 is 11.6. The molecule has 1 saturated carbocycles. The molecule has 0 unspecified atom stereocenters. The zero-order valence-corrected chi connectivity index (χ0v) is 4.82. The minimum absolute atomic E-state index is 0. The first kappa shape index (κ1) is 7.69. The summed E-state index contributed by atoms with van der Waals surface area (Å²) in [5, 5.41) is 7.98. The van der Waals surface area contributed by atoms with E-state index in [0.29, 0.717) is 0 Å². The van der Waals surface area contributed by atoms with Crippen LogP contribution in [0.2, 0.25) is 0 Å². The summed E-state index contributed by atoms with van der Waals surface area (Å²) in [4.78, 5) is 9.73. The Labute approximate surface area is 52.1 Å². The number of carbonyl (C=O) groups is 1. The second kappa shape index (κ2) is 2.31. The number of carboxylic acid groups (broad SMARTS) is 1. The Balaban J connectivity index is 0.000000490. The van der Waals surface area contributed by atoms with Gasteiger partial charge in [0.2, 0.25) is 0 Å². The molecule has 1 fully saturated rings. The van der Waals surface area contributed by atoms with E-state index in [2.05, 4.69) is 0 Å². The molecule has 1 aliphatic rings. The van der Waals surface area contributed by atoms with Gasteiger partial charge in [0.15, 0.2) is 0 Å². The summed E-state index contributed by atoms with van der Waals surface area (Å²) in [7, 11) is 0. The molecule has 4 heteroatoms. The molecule has 1 aliphatic carbocycles. The molecule has 0 aliphatic heterocycles. The van der Waals surface area contributed by atoms with Crippen molar-refractivity contribution in [3.8, 4) is 0 Å². The fraction of sp³-hybridized carbons (Fsp3) is 0.750. The molecule has 0 saturated heterocycles. The van der Waals surface area contributed by atoms with Crippen LogP contribution < -0.4 is 0 Å². The first-order valence-electron chi connectivity index (χ1n) is 2.08. The van der Waals surface area contributed by atoms with Crippen molar-refractivity contribution >= 4 is 18.4 Å². The minimum atomic E-state index is -1.06. The number of halogens is 2. The van der Waals surface area contributed by atoms with E-state index < -0.39 is 18.1 Å². The maximum Gasteiger partial charge on any atom is 0.309 e. The number of aliphatic carboxylic acids is 1. The van der Waals surface area contributed by atoms with Gasteiger partial charge in [-0.3, -0.25) is 4.79 Å². The molecule has 0 radical (unpaired) electrons. The van der Waals surface area contributed by atoms with Crippen LogP contribution in [-0.4, -0.2) is 17.2 Å². The van der Waals surface area contributed by atoms with E-state index in [1.165, 1.54) is 0 Å². The molecule has 8 heavy (non-hydrogen) atoms. The second-order valence-electron chi connectivity index (χ2n) is 1.70. The van der Waals surface area contributed by atoms with Crippen LogP contribution in [0.15, 0.2) is 0 Å². The van der Waals surface area contributed by atoms with Gasteiger partial charge in [-0.25, -0.2) is 4.39 Å². The molecule has 1 N–H and O–H groups in total. The van der Waals surface area contributed by atoms with Gasteiger partial charge in [-0.05, 0) is 6.42 Å². The minimum Gasteiger partial charge on any atom is -0.481 e. The maximum absolute atomic E-state index is 11.6. The van der Waals surface area contributed by atoms with Crippen LogP contribution in [0.4, 0.5) is 4.39 Å². The van der Waals surface area contributed by atoms with E-state index in [1.807, 2.05) is 0 Å². The molecule has 0 spiro atoms. The molecule has 0 aromatic rings. The van der Waals surface area contributed by atoms with Crippen molar-refractivity contribution in [2.24, 2.45) is 5.92 Å². The average molecular weight is 141 g/mol. The Morgan fingerprint density at radius 2 is 2.12 bits per heavy atom. The van der Waals surface area contributed by atoms with Crippen LogP contribution in [0.1, 0.15) is 6.42 Å². The lowest BCUT2D eigenvalue weighted by Gasteiger charge is -1.77. The van der Waals surface area contributed by atoms with Gasteiger partial charge >= 0.3 is 5.97 Å². The number of rotatable bonds is 1. The Morgan fingerprint density at radius 3 is 2.12 bits per heavy atom. The molecular weight excluding hydrogens is 134 g/mol. The Hall–Kier alpha value is -0.310. The first-order valence-corrected chi connectivity index (χ1v) is 2.08. The van der Waals surface area contributed by atoms with Gasteiger partial charge in [0.25, 0.3) is 0 Å². The summed E-state index contributed by atoms with van der Waals surface area (Å²) in [5.41, 5.74) is 0. The van der Waals surface area contributed by atoms with Gasteiger partial charge in [-0.15, -0.1) is 12.4 Å². The van der Waals surface area contributed by atoms with Crippen LogP contribution in [0, 0.1) is 5.92 Å². The Morgan fingerprint density at radius 1 is 1.75 bits per heavy atom. The molecule has 0 aromatic carbocycles. The SMILES string of the molecule is Cl.O=C(O)[C@@H]1C[C@@H]1F. The second-order valence-corrected chi connectivity index (χ2v) is 1.70. The van der Waals surface area contributed by atoms with E-state index in [-0.39, 0.29) is 18.8 Å². The molecular formula is C4H6ClFO2. The van der Waals surface area contributed by atoms with Crippen LogP contribution >= 0.6 is 12.4 Å². The van der Waals surface area contributed by atoms with Crippen molar-refractivity contribution in [1.82, 2.24) is 0 Å². The fourth-order valence-corrected chi connectivity index (χ4v) is 0.420. The van der Waals surface area contributed by atoms with Crippen molar-refractivity contribution in [1.29, 1.82) is 0 Å². The number of carboxylic acids is 1. The van der Waals surface area contributed by atoms with Crippen LogP contribution in [-0.2, 0) is 4.79 Å². The summed E-state index contributed by atoms with van der Waals surface area (Å²) >= 11 is 0. The summed E-state index contributed by atoms with van der Waals surface area (Å²) in [5.74, 6) is -1.69. The maximum atomic E-state index is 11.6. The highest BCUT2D eigenvalue weighted by Gasteiger charge is 2.43. The van der Waals surface area contributed by atoms with Crippen molar-refractivity contribution in [2.45, 2.75) is 12.6 Å². The highest BCUT2D eigenvalue weighted by molar-refractivity contribution is 5.85. The third kappa shape index (κ3) is 1.33. The lowest BCUT2D eigenvalue weighted by molar-refractivity contribution is -0.138. The van der Waals surface area contributed by atoms with Crippen molar-refractivity contribution in [2.75, 3.05) is 0 Å². The summed E-state index contributed by atoms with van der Waals surface area (Å²) in [6, 6.07) is 0. The smallest absolute Gasteiger partial charge is 0.309 e. The Kier molecular flexibility index (Phi) is 2.22. The third-order valence-electron chi connectivity index (χ3n) is 1.03. The highest BCUT2D eigenvalue weighted by Crippen LogP contribution is 2.33. The van der Waals surface area contributed by atoms with Gasteiger partial charge in [0.05, 0.1) is 5.92 Å². The molecule has 2 nitrogen and oxygen atoms in total. The van der Waals surface area contributed by atoms with E-state index in [4.69, 9.17) is 5.11 Å². The number of alkyl halides is 1. The van der Waals surface area contributed by atoms with Crippen LogP contribution in [0.3, 0.4) is 0 Å². The van der Waals surface area contributed by atoms with Gasteiger partial charge in [0.1, 0.15) is 6.17 Å². The zero-order valence-electron chi connectivity index (χ0n) is 4.00. The quantitative estimate of drug-likeness (QED) is 0.586. The lowest BCUT2D eigenvalue weighted by Crippen LogP contribution is -1.98. The van der Waals surface area contributed by atoms with Crippen molar-refractivity contribution in [3.05, 3.63) is 0 Å². The molecule has 48 valence electrons. The molecule has 1 rings (SSSR count). The topological polar surface area (TPSA) is 37.3 Å². The average Bonchev–Trinajstić information content (AvgIpc) is 2.17. The largest absolute Gasteiger partial charge is 0.481 e. The van der Waals surface area contributed by atoms with E-state index in [1.54, 1.807) is 0 Å². The van der Waals surface area contributed by atoms with Gasteiger partial charge in [-0.1, -0.05) is 0 Å². The van der Waals surface area contributed by atoms with Gasteiger partial charge < -0.3 is 5.11 Å². The molecule has 0 aromatic heterocycles. The monoisotopic (exact) mass is 140 g/mol. The first-order chi connectivity index (χ1) is 3.22.